The van der Waals surface area contributed by atoms with Gasteiger partial charge in [-0.3, -0.25) is 15.0 Å². The van der Waals surface area contributed by atoms with Gasteiger partial charge in [0.05, 0.1) is 23.4 Å². The number of H-pyrrole nitrogens is 1. The molecule has 1 aromatic carbocycles. The van der Waals surface area contributed by atoms with E-state index in [4.69, 9.17) is 4.98 Å². The van der Waals surface area contributed by atoms with Gasteiger partial charge in [-0.1, -0.05) is 19.9 Å². The highest BCUT2D eigenvalue weighted by Crippen LogP contribution is 2.39. The second-order valence-corrected chi connectivity index (χ2v) is 10.0. The molecular formula is C31H36FN7. The molecule has 0 aliphatic rings. The number of hydrogen-bond donors (Lipinski definition) is 2. The predicted octanol–water partition coefficient (Wildman–Crippen LogP) is 6.68. The fraction of sp³-hybridized carbons (Fsp3) is 0.290. The first-order chi connectivity index (χ1) is 18.8. The molecule has 39 heavy (non-hydrogen) atoms. The summed E-state index contributed by atoms with van der Waals surface area (Å²) in [6.07, 6.45) is 10.1. The highest BCUT2D eigenvalue weighted by molar-refractivity contribution is 5.91. The maximum Gasteiger partial charge on any atom is 0.142 e. The molecule has 0 unspecified atom stereocenters. The monoisotopic (exact) mass is 525 g/mol. The Balaban J connectivity index is 0.00000172. The number of halogens is 1. The molecule has 0 spiro atoms. The highest BCUT2D eigenvalue weighted by Gasteiger charge is 2.30. The van der Waals surface area contributed by atoms with Gasteiger partial charge >= 0.3 is 0 Å². The Morgan fingerprint density at radius 1 is 0.872 bits per heavy atom. The van der Waals surface area contributed by atoms with Crippen LogP contribution in [0.2, 0.25) is 0 Å². The van der Waals surface area contributed by atoms with Gasteiger partial charge in [-0.25, -0.2) is 9.37 Å². The topological polar surface area (TPSA) is 82.6 Å². The molecule has 0 radical (unpaired) electrons. The average molecular weight is 526 g/mol. The van der Waals surface area contributed by atoms with Crippen LogP contribution in [0.4, 0.5) is 10.1 Å². The summed E-state index contributed by atoms with van der Waals surface area (Å²) in [6, 6.07) is 10.0. The Morgan fingerprint density at radius 3 is 2.31 bits per heavy atom. The molecule has 0 saturated heterocycles. The summed E-state index contributed by atoms with van der Waals surface area (Å²) >= 11 is 0. The Hall–Kier alpha value is -4.17. The Morgan fingerprint density at radius 2 is 1.59 bits per heavy atom. The van der Waals surface area contributed by atoms with Gasteiger partial charge in [-0.15, -0.1) is 0 Å². The number of aromatic nitrogens is 5. The lowest BCUT2D eigenvalue weighted by Crippen LogP contribution is -2.22. The van der Waals surface area contributed by atoms with Gasteiger partial charge in [0.15, 0.2) is 0 Å². The van der Waals surface area contributed by atoms with Crippen molar-refractivity contribution >= 4 is 16.7 Å². The van der Waals surface area contributed by atoms with E-state index in [9.17, 15) is 4.39 Å². The molecule has 8 heteroatoms. The molecule has 5 rings (SSSR count). The molecular weight excluding hydrogens is 489 g/mol. The van der Waals surface area contributed by atoms with E-state index in [0.717, 1.165) is 56.9 Å². The van der Waals surface area contributed by atoms with Gasteiger partial charge in [-0.05, 0) is 68.9 Å². The first-order valence-corrected chi connectivity index (χ1v) is 13.1. The van der Waals surface area contributed by atoms with Crippen LogP contribution in [0, 0.1) is 5.82 Å². The van der Waals surface area contributed by atoms with Crippen LogP contribution in [-0.4, -0.2) is 51.0 Å². The van der Waals surface area contributed by atoms with Gasteiger partial charge in [0.2, 0.25) is 0 Å². The minimum absolute atomic E-state index is 0.398. The van der Waals surface area contributed by atoms with Crippen LogP contribution in [0.25, 0.3) is 33.3 Å². The molecule has 5 aromatic rings. The number of aromatic amines is 1. The minimum Gasteiger partial charge on any atom is -0.388 e. The largest absolute Gasteiger partial charge is 0.388 e. The number of rotatable bonds is 7. The molecule has 0 saturated carbocycles. The molecule has 2 N–H and O–H groups in total. The zero-order valence-corrected chi connectivity index (χ0v) is 23.7. The van der Waals surface area contributed by atoms with Crippen molar-refractivity contribution in [2.24, 2.45) is 0 Å². The molecule has 4 aromatic heterocycles. The van der Waals surface area contributed by atoms with E-state index in [1.807, 2.05) is 47.4 Å². The molecule has 7 nitrogen and oxygen atoms in total. The lowest BCUT2D eigenvalue weighted by molar-refractivity contribution is 0.402. The van der Waals surface area contributed by atoms with Gasteiger partial charge in [0.25, 0.3) is 0 Å². The van der Waals surface area contributed by atoms with Crippen molar-refractivity contribution in [3.05, 3.63) is 90.3 Å². The SMILES string of the molecule is CC.CNc1ccc(-c2cncc(CN(C)C)c2)cc1C(C)(C)c1nc2c(-c3cncc(F)c3)cncc2[nH]1. The van der Waals surface area contributed by atoms with Crippen LogP contribution in [0.3, 0.4) is 0 Å². The van der Waals surface area contributed by atoms with Crippen LogP contribution in [0.5, 0.6) is 0 Å². The van der Waals surface area contributed by atoms with Crippen LogP contribution in [0.1, 0.15) is 44.6 Å². The van der Waals surface area contributed by atoms with Crippen LogP contribution >= 0.6 is 0 Å². The number of nitrogens with one attached hydrogen (secondary N) is 2. The smallest absolute Gasteiger partial charge is 0.142 e. The van der Waals surface area contributed by atoms with Crippen molar-refractivity contribution < 1.29 is 4.39 Å². The van der Waals surface area contributed by atoms with E-state index in [0.29, 0.717) is 5.56 Å². The first kappa shape index (κ1) is 27.9. The number of nitrogens with zero attached hydrogens (tertiary/aromatic N) is 5. The summed E-state index contributed by atoms with van der Waals surface area (Å²) in [7, 11) is 6.02. The van der Waals surface area contributed by atoms with Crippen molar-refractivity contribution in [2.75, 3.05) is 26.5 Å². The lowest BCUT2D eigenvalue weighted by atomic mass is 9.81. The van der Waals surface area contributed by atoms with Crippen LogP contribution < -0.4 is 5.32 Å². The molecule has 0 bridgehead atoms. The quantitative estimate of drug-likeness (QED) is 0.247. The van der Waals surface area contributed by atoms with E-state index in [1.54, 1.807) is 18.6 Å². The summed E-state index contributed by atoms with van der Waals surface area (Å²) in [5.74, 6) is 0.388. The first-order valence-electron chi connectivity index (χ1n) is 13.1. The second-order valence-electron chi connectivity index (χ2n) is 10.0. The second kappa shape index (κ2) is 11.7. The fourth-order valence-corrected chi connectivity index (χ4v) is 4.68. The predicted molar refractivity (Wildman–Crippen MR) is 157 cm³/mol. The summed E-state index contributed by atoms with van der Waals surface area (Å²) in [6.45, 7) is 9.11. The molecule has 0 aliphatic heterocycles. The van der Waals surface area contributed by atoms with Crippen LogP contribution in [0.15, 0.2) is 67.5 Å². The number of hydrogen-bond acceptors (Lipinski definition) is 6. The van der Waals surface area contributed by atoms with Gasteiger partial charge < -0.3 is 15.2 Å². The molecule has 202 valence electrons. The minimum atomic E-state index is -0.487. The standard InChI is InChI=1S/C29H30FN7.C2H6/c1-29(2,28-35-26-16-34-15-23(27(26)36-28)21-9-22(30)14-33-13-21)24-10-19(6-7-25(24)31-3)20-8-18(11-32-12-20)17-37(4)5;1-2/h6-16,31H,17H2,1-5H3,(H,35,36);1-2H3. The van der Waals surface area contributed by atoms with Gasteiger partial charge in [0.1, 0.15) is 11.6 Å². The normalized spacial score (nSPS) is 11.4. The average Bonchev–Trinajstić information content (AvgIpc) is 3.39. The van der Waals surface area contributed by atoms with Crippen molar-refractivity contribution in [1.82, 2.24) is 29.8 Å². The van der Waals surface area contributed by atoms with E-state index >= 15 is 0 Å². The van der Waals surface area contributed by atoms with E-state index in [-0.39, 0.29) is 0 Å². The summed E-state index contributed by atoms with van der Waals surface area (Å²) in [4.78, 5) is 23.4. The zero-order valence-electron chi connectivity index (χ0n) is 23.7. The third kappa shape index (κ3) is 5.81. The summed E-state index contributed by atoms with van der Waals surface area (Å²) < 4.78 is 13.9. The van der Waals surface area contributed by atoms with Gasteiger partial charge in [-0.2, -0.15) is 0 Å². The fourth-order valence-electron chi connectivity index (χ4n) is 4.68. The highest BCUT2D eigenvalue weighted by atomic mass is 19.1. The summed E-state index contributed by atoms with van der Waals surface area (Å²) in [5.41, 5.74) is 7.80. The maximum atomic E-state index is 13.9. The van der Waals surface area contributed by atoms with E-state index in [1.165, 1.54) is 12.3 Å². The zero-order chi connectivity index (χ0) is 28.2. The van der Waals surface area contributed by atoms with Gasteiger partial charge in [0, 0.05) is 66.2 Å². The third-order valence-corrected chi connectivity index (χ3v) is 6.59. The number of imidazole rings is 1. The van der Waals surface area contributed by atoms with E-state index in [2.05, 4.69) is 68.3 Å². The maximum absolute atomic E-state index is 13.9. The van der Waals surface area contributed by atoms with Crippen molar-refractivity contribution in [1.29, 1.82) is 0 Å². The Kier molecular flexibility index (Phi) is 8.35. The molecule has 4 heterocycles. The third-order valence-electron chi connectivity index (χ3n) is 6.59. The summed E-state index contributed by atoms with van der Waals surface area (Å²) in [5, 5.41) is 3.34. The lowest BCUT2D eigenvalue weighted by Gasteiger charge is -2.26. The molecule has 0 atom stereocenters. The Labute approximate surface area is 229 Å². The number of fused-ring (bicyclic) bond motifs is 1. The number of benzene rings is 1. The molecule has 0 amide bonds. The van der Waals surface area contributed by atoms with Crippen molar-refractivity contribution in [2.45, 2.75) is 39.7 Å². The van der Waals surface area contributed by atoms with Crippen molar-refractivity contribution in [3.63, 3.8) is 0 Å². The van der Waals surface area contributed by atoms with Crippen molar-refractivity contribution in [3.8, 4) is 22.3 Å². The van der Waals surface area contributed by atoms with E-state index < -0.39 is 11.2 Å². The molecule has 0 aliphatic carbocycles. The molecule has 0 fully saturated rings. The number of pyridine rings is 3. The number of anilines is 1. The Bertz CT molecular complexity index is 1570. The van der Waals surface area contributed by atoms with Crippen LogP contribution in [-0.2, 0) is 12.0 Å².